The average Bonchev–Trinajstić information content (AvgIpc) is 3.06. The molecule has 0 saturated carbocycles. The smallest absolute Gasteiger partial charge is 0.337 e. The summed E-state index contributed by atoms with van der Waals surface area (Å²) in [6.45, 7) is 0. The van der Waals surface area contributed by atoms with Gasteiger partial charge in [-0.2, -0.15) is 0 Å². The van der Waals surface area contributed by atoms with Crippen molar-refractivity contribution in [2.45, 2.75) is 19.3 Å². The fourth-order valence-electron chi connectivity index (χ4n) is 2.07. The Bertz CT molecular complexity index is 734. The molecule has 0 fully saturated rings. The fourth-order valence-corrected chi connectivity index (χ4v) is 2.82. The molecule has 3 rings (SSSR count). The molecule has 0 aromatic carbocycles. The first kappa shape index (κ1) is 12.8. The van der Waals surface area contributed by atoms with Crippen LogP contribution in [0.2, 0.25) is 0 Å². The van der Waals surface area contributed by atoms with Gasteiger partial charge in [-0.15, -0.1) is 11.3 Å². The SMILES string of the molecule is O=C(O)c1cnc2nc(CCCc3cccs3)[nH]c2c1. The molecule has 0 amide bonds. The number of carboxylic acid groups (broad SMARTS) is 1. The second-order valence-corrected chi connectivity index (χ2v) is 5.55. The second-order valence-electron chi connectivity index (χ2n) is 4.52. The van der Waals surface area contributed by atoms with Gasteiger partial charge in [0.15, 0.2) is 5.65 Å². The summed E-state index contributed by atoms with van der Waals surface area (Å²) >= 11 is 1.76. The minimum absolute atomic E-state index is 0.172. The topological polar surface area (TPSA) is 78.9 Å². The highest BCUT2D eigenvalue weighted by Gasteiger charge is 2.08. The van der Waals surface area contributed by atoms with Crippen LogP contribution in [0.15, 0.2) is 29.8 Å². The summed E-state index contributed by atoms with van der Waals surface area (Å²) in [4.78, 5) is 23.8. The normalized spacial score (nSPS) is 11.0. The van der Waals surface area contributed by atoms with Crippen molar-refractivity contribution in [2.75, 3.05) is 0 Å². The Morgan fingerprint density at radius 3 is 3.05 bits per heavy atom. The van der Waals surface area contributed by atoms with E-state index in [2.05, 4.69) is 32.5 Å². The van der Waals surface area contributed by atoms with Gasteiger partial charge in [0.1, 0.15) is 5.82 Å². The number of thiophene rings is 1. The first-order valence-electron chi connectivity index (χ1n) is 6.33. The molecule has 0 spiro atoms. The van der Waals surface area contributed by atoms with Crippen LogP contribution in [0.5, 0.6) is 0 Å². The summed E-state index contributed by atoms with van der Waals surface area (Å²) in [5.41, 5.74) is 1.42. The van der Waals surface area contributed by atoms with Gasteiger partial charge < -0.3 is 10.1 Å². The number of rotatable bonds is 5. The number of hydrogen-bond acceptors (Lipinski definition) is 4. The minimum Gasteiger partial charge on any atom is -0.478 e. The first-order valence-corrected chi connectivity index (χ1v) is 7.20. The van der Waals surface area contributed by atoms with E-state index in [1.807, 2.05) is 0 Å². The molecule has 0 aliphatic carbocycles. The lowest BCUT2D eigenvalue weighted by atomic mass is 10.2. The van der Waals surface area contributed by atoms with Crippen molar-refractivity contribution >= 4 is 28.5 Å². The zero-order valence-corrected chi connectivity index (χ0v) is 11.5. The van der Waals surface area contributed by atoms with Gasteiger partial charge in [-0.25, -0.2) is 14.8 Å². The number of nitrogens with zero attached hydrogens (tertiary/aromatic N) is 2. The Kier molecular flexibility index (Phi) is 3.47. The van der Waals surface area contributed by atoms with E-state index in [0.29, 0.717) is 11.2 Å². The molecule has 2 N–H and O–H groups in total. The highest BCUT2D eigenvalue weighted by Crippen LogP contribution is 2.15. The molecule has 20 heavy (non-hydrogen) atoms. The van der Waals surface area contributed by atoms with E-state index in [0.717, 1.165) is 25.1 Å². The van der Waals surface area contributed by atoms with Crippen LogP contribution in [0.1, 0.15) is 27.5 Å². The van der Waals surface area contributed by atoms with E-state index in [1.54, 1.807) is 17.4 Å². The molecule has 5 nitrogen and oxygen atoms in total. The number of aromatic carboxylic acids is 1. The van der Waals surface area contributed by atoms with E-state index in [9.17, 15) is 4.79 Å². The van der Waals surface area contributed by atoms with E-state index in [4.69, 9.17) is 5.11 Å². The van der Waals surface area contributed by atoms with Crippen molar-refractivity contribution in [1.82, 2.24) is 15.0 Å². The molecule has 0 radical (unpaired) electrons. The zero-order chi connectivity index (χ0) is 13.9. The molecule has 0 atom stereocenters. The van der Waals surface area contributed by atoms with Crippen molar-refractivity contribution in [1.29, 1.82) is 0 Å². The number of carboxylic acids is 1. The van der Waals surface area contributed by atoms with Crippen molar-refractivity contribution in [3.63, 3.8) is 0 Å². The maximum absolute atomic E-state index is 10.9. The third-order valence-corrected chi connectivity index (χ3v) is 3.99. The number of aromatic nitrogens is 3. The lowest BCUT2D eigenvalue weighted by Crippen LogP contribution is -1.96. The minimum atomic E-state index is -0.978. The maximum atomic E-state index is 10.9. The van der Waals surface area contributed by atoms with Crippen LogP contribution in [0.3, 0.4) is 0 Å². The Morgan fingerprint density at radius 1 is 1.40 bits per heavy atom. The van der Waals surface area contributed by atoms with Crippen molar-refractivity contribution in [3.05, 3.63) is 46.0 Å². The highest BCUT2D eigenvalue weighted by atomic mass is 32.1. The van der Waals surface area contributed by atoms with E-state index >= 15 is 0 Å². The molecule has 0 unspecified atom stereocenters. The summed E-state index contributed by atoms with van der Waals surface area (Å²) in [6, 6.07) is 5.75. The molecular weight excluding hydrogens is 274 g/mol. The van der Waals surface area contributed by atoms with Gasteiger partial charge in [0.2, 0.25) is 0 Å². The molecule has 0 aliphatic rings. The third kappa shape index (κ3) is 2.70. The highest BCUT2D eigenvalue weighted by molar-refractivity contribution is 7.09. The van der Waals surface area contributed by atoms with Crippen LogP contribution in [-0.4, -0.2) is 26.0 Å². The lowest BCUT2D eigenvalue weighted by Gasteiger charge is -1.95. The van der Waals surface area contributed by atoms with E-state index in [-0.39, 0.29) is 5.56 Å². The summed E-state index contributed by atoms with van der Waals surface area (Å²) in [5.74, 6) is -0.125. The Hall–Kier alpha value is -2.21. The Labute approximate surface area is 119 Å². The largest absolute Gasteiger partial charge is 0.478 e. The number of fused-ring (bicyclic) bond motifs is 1. The van der Waals surface area contributed by atoms with Gasteiger partial charge >= 0.3 is 5.97 Å². The molecular formula is C14H13N3O2S. The van der Waals surface area contributed by atoms with Gasteiger partial charge in [-0.3, -0.25) is 0 Å². The average molecular weight is 287 g/mol. The number of aryl methyl sites for hydroxylation is 2. The standard InChI is InChI=1S/C14H13N3O2S/c18-14(19)9-7-11-13(15-8-9)17-12(16-11)5-1-3-10-4-2-6-20-10/h2,4,6-8H,1,3,5H2,(H,18,19)(H,15,16,17). The summed E-state index contributed by atoms with van der Waals surface area (Å²) in [7, 11) is 0. The van der Waals surface area contributed by atoms with Gasteiger partial charge in [0.05, 0.1) is 11.1 Å². The van der Waals surface area contributed by atoms with Gasteiger partial charge in [-0.1, -0.05) is 6.07 Å². The van der Waals surface area contributed by atoms with Gasteiger partial charge in [-0.05, 0) is 30.4 Å². The van der Waals surface area contributed by atoms with Crippen molar-refractivity contribution < 1.29 is 9.90 Å². The molecule has 0 bridgehead atoms. The monoisotopic (exact) mass is 287 g/mol. The van der Waals surface area contributed by atoms with E-state index < -0.39 is 5.97 Å². The summed E-state index contributed by atoms with van der Waals surface area (Å²) in [6.07, 6.45) is 4.20. The van der Waals surface area contributed by atoms with Crippen LogP contribution < -0.4 is 0 Å². The number of carbonyl (C=O) groups is 1. The third-order valence-electron chi connectivity index (χ3n) is 3.05. The number of pyridine rings is 1. The van der Waals surface area contributed by atoms with Gasteiger partial charge in [0, 0.05) is 17.5 Å². The Balaban J connectivity index is 1.70. The second kappa shape index (κ2) is 5.42. The number of H-pyrrole nitrogens is 1. The summed E-state index contributed by atoms with van der Waals surface area (Å²) < 4.78 is 0. The summed E-state index contributed by atoms with van der Waals surface area (Å²) in [5, 5.41) is 11.0. The number of aromatic amines is 1. The predicted molar refractivity (Wildman–Crippen MR) is 77.2 cm³/mol. The first-order chi connectivity index (χ1) is 9.72. The molecule has 102 valence electrons. The molecule has 3 aromatic rings. The van der Waals surface area contributed by atoms with Crippen LogP contribution in [0.25, 0.3) is 11.2 Å². The quantitative estimate of drug-likeness (QED) is 0.756. The fraction of sp³-hybridized carbons (Fsp3) is 0.214. The van der Waals surface area contributed by atoms with Crippen LogP contribution in [0, 0.1) is 0 Å². The predicted octanol–water partition coefficient (Wildman–Crippen LogP) is 2.89. The van der Waals surface area contributed by atoms with E-state index in [1.165, 1.54) is 11.1 Å². The molecule has 3 aromatic heterocycles. The number of imidazole rings is 1. The van der Waals surface area contributed by atoms with Crippen molar-refractivity contribution in [3.8, 4) is 0 Å². The number of hydrogen-bond donors (Lipinski definition) is 2. The van der Waals surface area contributed by atoms with Crippen LogP contribution >= 0.6 is 11.3 Å². The van der Waals surface area contributed by atoms with Crippen LogP contribution in [0.4, 0.5) is 0 Å². The molecule has 0 aliphatic heterocycles. The van der Waals surface area contributed by atoms with Crippen molar-refractivity contribution in [2.24, 2.45) is 0 Å². The Morgan fingerprint density at radius 2 is 2.30 bits per heavy atom. The number of nitrogens with one attached hydrogen (secondary N) is 1. The molecule has 6 heteroatoms. The molecule has 3 heterocycles. The molecule has 0 saturated heterocycles. The zero-order valence-electron chi connectivity index (χ0n) is 10.7. The van der Waals surface area contributed by atoms with Crippen LogP contribution in [-0.2, 0) is 12.8 Å². The van der Waals surface area contributed by atoms with Gasteiger partial charge in [0.25, 0.3) is 0 Å². The maximum Gasteiger partial charge on any atom is 0.337 e. The lowest BCUT2D eigenvalue weighted by molar-refractivity contribution is 0.0696.